The molecule has 1 aliphatic rings. The lowest BCUT2D eigenvalue weighted by atomic mass is 10.2. The van der Waals surface area contributed by atoms with Gasteiger partial charge in [-0.2, -0.15) is 0 Å². The molecule has 1 aliphatic heterocycles. The van der Waals surface area contributed by atoms with E-state index in [0.717, 1.165) is 35.7 Å². The summed E-state index contributed by atoms with van der Waals surface area (Å²) in [5, 5.41) is 10.5. The number of carbonyl (C=O) groups excluding carboxylic acids is 1. The predicted octanol–water partition coefficient (Wildman–Crippen LogP) is 4.13. The SMILES string of the molecule is Cc1cccc(-n2c(SCC(=O)c3cc4ccccc4o3)nnc2N2CCOCC2)c1. The third-order valence-electron chi connectivity index (χ3n) is 5.20. The Bertz CT molecular complexity index is 1190. The number of para-hydroxylation sites is 1. The number of nitrogens with zero attached hydrogens (tertiary/aromatic N) is 4. The van der Waals surface area contributed by atoms with Gasteiger partial charge in [0.2, 0.25) is 11.7 Å². The summed E-state index contributed by atoms with van der Waals surface area (Å²) in [7, 11) is 0. The van der Waals surface area contributed by atoms with Crippen molar-refractivity contribution < 1.29 is 13.9 Å². The molecule has 8 heteroatoms. The van der Waals surface area contributed by atoms with E-state index in [-0.39, 0.29) is 11.5 Å². The molecule has 5 rings (SSSR count). The fourth-order valence-corrected chi connectivity index (χ4v) is 4.45. The standard InChI is InChI=1S/C23H22N4O3S/c1-16-5-4-7-18(13-16)27-22(26-9-11-29-12-10-26)24-25-23(27)31-15-19(28)21-14-17-6-2-3-8-20(17)30-21/h2-8,13-14H,9-12,15H2,1H3. The van der Waals surface area contributed by atoms with Gasteiger partial charge in [0.05, 0.1) is 24.7 Å². The Morgan fingerprint density at radius 3 is 2.71 bits per heavy atom. The highest BCUT2D eigenvalue weighted by molar-refractivity contribution is 7.99. The van der Waals surface area contributed by atoms with Crippen LogP contribution in [0.1, 0.15) is 16.1 Å². The number of hydrogen-bond donors (Lipinski definition) is 0. The molecule has 0 radical (unpaired) electrons. The Kier molecular flexibility index (Phi) is 5.48. The minimum Gasteiger partial charge on any atom is -0.453 e. The first kappa shape index (κ1) is 19.8. The van der Waals surface area contributed by atoms with E-state index in [4.69, 9.17) is 9.15 Å². The summed E-state index contributed by atoms with van der Waals surface area (Å²) in [4.78, 5) is 15.0. The first-order valence-electron chi connectivity index (χ1n) is 10.2. The van der Waals surface area contributed by atoms with E-state index in [0.29, 0.717) is 29.7 Å². The third kappa shape index (κ3) is 4.08. The maximum Gasteiger partial charge on any atom is 0.232 e. The minimum atomic E-state index is -0.0760. The summed E-state index contributed by atoms with van der Waals surface area (Å²) < 4.78 is 13.2. The summed E-state index contributed by atoms with van der Waals surface area (Å²) in [6.07, 6.45) is 0. The van der Waals surface area contributed by atoms with Crippen LogP contribution in [0.4, 0.5) is 5.95 Å². The highest BCUT2D eigenvalue weighted by Crippen LogP contribution is 2.29. The van der Waals surface area contributed by atoms with Gasteiger partial charge in [-0.3, -0.25) is 9.36 Å². The number of morpholine rings is 1. The molecule has 3 heterocycles. The number of furan rings is 1. The highest BCUT2D eigenvalue weighted by Gasteiger charge is 2.23. The fraction of sp³-hybridized carbons (Fsp3) is 0.261. The van der Waals surface area contributed by atoms with Crippen molar-refractivity contribution in [1.29, 1.82) is 0 Å². The second-order valence-corrected chi connectivity index (χ2v) is 8.36. The van der Waals surface area contributed by atoms with Crippen molar-refractivity contribution in [2.24, 2.45) is 0 Å². The molecule has 4 aromatic rings. The lowest BCUT2D eigenvalue weighted by Gasteiger charge is -2.28. The molecule has 0 N–H and O–H groups in total. The van der Waals surface area contributed by atoms with Gasteiger partial charge in [0.15, 0.2) is 10.9 Å². The van der Waals surface area contributed by atoms with E-state index in [1.807, 2.05) is 41.0 Å². The maximum absolute atomic E-state index is 12.8. The third-order valence-corrected chi connectivity index (χ3v) is 6.13. The van der Waals surface area contributed by atoms with Crippen molar-refractivity contribution in [3.05, 3.63) is 65.9 Å². The summed E-state index contributed by atoms with van der Waals surface area (Å²) >= 11 is 1.37. The number of aromatic nitrogens is 3. The van der Waals surface area contributed by atoms with Gasteiger partial charge in [0.1, 0.15) is 5.58 Å². The number of ketones is 1. The zero-order valence-corrected chi connectivity index (χ0v) is 18.0. The van der Waals surface area contributed by atoms with E-state index in [9.17, 15) is 4.79 Å². The molecule has 2 aromatic heterocycles. The molecule has 0 atom stereocenters. The molecule has 7 nitrogen and oxygen atoms in total. The number of aryl methyl sites for hydroxylation is 1. The number of Topliss-reactive ketones (excluding diaryl/α,β-unsaturated/α-hetero) is 1. The molecule has 0 aliphatic carbocycles. The normalized spacial score (nSPS) is 14.3. The van der Waals surface area contributed by atoms with E-state index in [1.165, 1.54) is 11.8 Å². The van der Waals surface area contributed by atoms with Crippen LogP contribution >= 0.6 is 11.8 Å². The van der Waals surface area contributed by atoms with E-state index in [2.05, 4.69) is 34.2 Å². The van der Waals surface area contributed by atoms with Crippen molar-refractivity contribution >= 4 is 34.5 Å². The lowest BCUT2D eigenvalue weighted by Crippen LogP contribution is -2.37. The van der Waals surface area contributed by atoms with Gasteiger partial charge >= 0.3 is 0 Å². The van der Waals surface area contributed by atoms with Crippen molar-refractivity contribution in [2.75, 3.05) is 37.0 Å². The van der Waals surface area contributed by atoms with Gasteiger partial charge in [-0.25, -0.2) is 0 Å². The van der Waals surface area contributed by atoms with Crippen LogP contribution in [-0.4, -0.2) is 52.6 Å². The average Bonchev–Trinajstić information content (AvgIpc) is 3.42. The molecule has 2 aromatic carbocycles. The Balaban J connectivity index is 1.42. The highest BCUT2D eigenvalue weighted by atomic mass is 32.2. The monoisotopic (exact) mass is 434 g/mol. The van der Waals surface area contributed by atoms with Gasteiger partial charge in [0.25, 0.3) is 0 Å². The number of benzene rings is 2. The Hall–Kier alpha value is -3.10. The molecule has 1 fully saturated rings. The zero-order valence-electron chi connectivity index (χ0n) is 17.2. The molecule has 158 valence electrons. The van der Waals surface area contributed by atoms with Crippen LogP contribution in [0.2, 0.25) is 0 Å². The molecule has 0 bridgehead atoms. The number of fused-ring (bicyclic) bond motifs is 1. The van der Waals surface area contributed by atoms with Crippen molar-refractivity contribution in [2.45, 2.75) is 12.1 Å². The molecule has 0 spiro atoms. The van der Waals surface area contributed by atoms with Crippen molar-refractivity contribution in [1.82, 2.24) is 14.8 Å². The van der Waals surface area contributed by atoms with Gasteiger partial charge in [-0.15, -0.1) is 10.2 Å². The van der Waals surface area contributed by atoms with Crippen LogP contribution in [0.15, 0.2) is 64.2 Å². The van der Waals surface area contributed by atoms with Crippen molar-refractivity contribution in [3.8, 4) is 5.69 Å². The summed E-state index contributed by atoms with van der Waals surface area (Å²) in [5.41, 5.74) is 2.84. The molecular weight excluding hydrogens is 412 g/mol. The van der Waals surface area contributed by atoms with Crippen LogP contribution in [0.5, 0.6) is 0 Å². The number of thioether (sulfide) groups is 1. The summed E-state index contributed by atoms with van der Waals surface area (Å²) in [5.74, 6) is 1.27. The predicted molar refractivity (Wildman–Crippen MR) is 120 cm³/mol. The van der Waals surface area contributed by atoms with Crippen LogP contribution in [0, 0.1) is 6.92 Å². The van der Waals surface area contributed by atoms with Gasteiger partial charge in [-0.1, -0.05) is 42.1 Å². The van der Waals surface area contributed by atoms with Gasteiger partial charge < -0.3 is 14.1 Å². The fourth-order valence-electron chi connectivity index (χ4n) is 3.64. The van der Waals surface area contributed by atoms with Gasteiger partial charge in [0, 0.05) is 18.5 Å². The van der Waals surface area contributed by atoms with E-state index >= 15 is 0 Å². The molecule has 1 saturated heterocycles. The number of carbonyl (C=O) groups is 1. The maximum atomic E-state index is 12.8. The van der Waals surface area contributed by atoms with Crippen LogP contribution in [-0.2, 0) is 4.74 Å². The van der Waals surface area contributed by atoms with Crippen LogP contribution in [0.3, 0.4) is 0 Å². The topological polar surface area (TPSA) is 73.4 Å². The number of hydrogen-bond acceptors (Lipinski definition) is 7. The largest absolute Gasteiger partial charge is 0.453 e. The number of rotatable bonds is 6. The molecule has 0 unspecified atom stereocenters. The second-order valence-electron chi connectivity index (χ2n) is 7.42. The summed E-state index contributed by atoms with van der Waals surface area (Å²) in [6, 6.07) is 17.6. The Morgan fingerprint density at radius 2 is 1.90 bits per heavy atom. The first-order chi connectivity index (χ1) is 15.2. The number of ether oxygens (including phenoxy) is 1. The summed E-state index contributed by atoms with van der Waals surface area (Å²) in [6.45, 7) is 4.89. The molecule has 31 heavy (non-hydrogen) atoms. The van der Waals surface area contributed by atoms with Crippen molar-refractivity contribution in [3.63, 3.8) is 0 Å². The first-order valence-corrected chi connectivity index (χ1v) is 11.2. The molecule has 0 saturated carbocycles. The Morgan fingerprint density at radius 1 is 1.06 bits per heavy atom. The Labute approximate surface area is 184 Å². The average molecular weight is 435 g/mol. The van der Waals surface area contributed by atoms with E-state index in [1.54, 1.807) is 6.07 Å². The second kappa shape index (κ2) is 8.56. The minimum absolute atomic E-state index is 0.0760. The lowest BCUT2D eigenvalue weighted by molar-refractivity contribution is 0.0994. The number of anilines is 1. The van der Waals surface area contributed by atoms with Crippen LogP contribution < -0.4 is 4.90 Å². The van der Waals surface area contributed by atoms with Crippen LogP contribution in [0.25, 0.3) is 16.7 Å². The smallest absolute Gasteiger partial charge is 0.232 e. The molecule has 0 amide bonds. The van der Waals surface area contributed by atoms with Gasteiger partial charge in [-0.05, 0) is 36.8 Å². The van der Waals surface area contributed by atoms with E-state index < -0.39 is 0 Å². The quantitative estimate of drug-likeness (QED) is 0.334. The zero-order chi connectivity index (χ0) is 21.2. The molecular formula is C23H22N4O3S.